The molecule has 1 aliphatic rings. The van der Waals surface area contributed by atoms with Gasteiger partial charge in [0.05, 0.1) is 19.6 Å². The van der Waals surface area contributed by atoms with Crippen molar-refractivity contribution in [3.8, 4) is 11.5 Å². The number of ether oxygens (including phenoxy) is 2. The Kier molecular flexibility index (Phi) is 6.19. The van der Waals surface area contributed by atoms with Crippen molar-refractivity contribution in [3.63, 3.8) is 0 Å². The molecule has 0 spiro atoms. The molecule has 0 aliphatic carbocycles. The third-order valence-corrected chi connectivity index (χ3v) is 4.60. The summed E-state index contributed by atoms with van der Waals surface area (Å²) in [5.74, 6) is 0.865. The van der Waals surface area contributed by atoms with E-state index in [1.54, 1.807) is 36.3 Å². The van der Waals surface area contributed by atoms with Gasteiger partial charge in [0.1, 0.15) is 18.1 Å². The van der Waals surface area contributed by atoms with E-state index in [9.17, 15) is 9.59 Å². The van der Waals surface area contributed by atoms with Crippen LogP contribution in [0.25, 0.3) is 0 Å². The Labute approximate surface area is 163 Å². The van der Waals surface area contributed by atoms with Gasteiger partial charge in [0.25, 0.3) is 0 Å². The number of nitrogens with one attached hydrogen (secondary N) is 1. The first-order valence-corrected chi connectivity index (χ1v) is 9.04. The van der Waals surface area contributed by atoms with Gasteiger partial charge in [-0.1, -0.05) is 17.7 Å². The van der Waals surface area contributed by atoms with E-state index in [2.05, 4.69) is 5.32 Å². The van der Waals surface area contributed by atoms with Crippen LogP contribution in [-0.4, -0.2) is 43.5 Å². The lowest BCUT2D eigenvalue weighted by molar-refractivity contribution is -0.128. The predicted molar refractivity (Wildman–Crippen MR) is 103 cm³/mol. The van der Waals surface area contributed by atoms with Crippen LogP contribution in [0.1, 0.15) is 6.42 Å². The molecule has 3 rings (SSSR count). The predicted octanol–water partition coefficient (Wildman–Crippen LogP) is 3.21. The van der Waals surface area contributed by atoms with Crippen molar-refractivity contribution in [2.45, 2.75) is 6.42 Å². The summed E-state index contributed by atoms with van der Waals surface area (Å²) in [5.41, 5.74) is 0.626. The number of halogens is 1. The highest BCUT2D eigenvalue weighted by Crippen LogP contribution is 2.22. The summed E-state index contributed by atoms with van der Waals surface area (Å²) < 4.78 is 10.8. The van der Waals surface area contributed by atoms with E-state index in [0.717, 1.165) is 5.75 Å². The maximum Gasteiger partial charge on any atom is 0.229 e. The molecule has 0 radical (unpaired) electrons. The Hall–Kier alpha value is -2.73. The van der Waals surface area contributed by atoms with Crippen molar-refractivity contribution in [1.82, 2.24) is 4.90 Å². The van der Waals surface area contributed by atoms with Gasteiger partial charge < -0.3 is 19.7 Å². The second-order valence-corrected chi connectivity index (χ2v) is 6.70. The molecule has 6 nitrogen and oxygen atoms in total. The normalized spacial score (nSPS) is 16.3. The average Bonchev–Trinajstić information content (AvgIpc) is 3.03. The molecule has 1 aliphatic heterocycles. The number of amides is 2. The van der Waals surface area contributed by atoms with Crippen LogP contribution in [-0.2, 0) is 9.59 Å². The van der Waals surface area contributed by atoms with Gasteiger partial charge in [-0.2, -0.15) is 0 Å². The van der Waals surface area contributed by atoms with Gasteiger partial charge in [0, 0.05) is 23.7 Å². The summed E-state index contributed by atoms with van der Waals surface area (Å²) in [6.45, 7) is 1.18. The number of carbonyl (C=O) groups is 2. The highest BCUT2D eigenvalue weighted by molar-refractivity contribution is 6.30. The van der Waals surface area contributed by atoms with Gasteiger partial charge >= 0.3 is 0 Å². The first-order chi connectivity index (χ1) is 13.0. The maximum atomic E-state index is 12.4. The number of hydrogen-bond acceptors (Lipinski definition) is 4. The van der Waals surface area contributed by atoms with Crippen LogP contribution < -0.4 is 14.8 Å². The number of anilines is 1. The zero-order valence-corrected chi connectivity index (χ0v) is 15.7. The molecule has 1 unspecified atom stereocenters. The molecule has 2 aromatic carbocycles. The fourth-order valence-corrected chi connectivity index (χ4v) is 3.11. The van der Waals surface area contributed by atoms with Crippen molar-refractivity contribution < 1.29 is 19.1 Å². The highest BCUT2D eigenvalue weighted by Gasteiger charge is 2.34. The second-order valence-electron chi connectivity index (χ2n) is 6.26. The van der Waals surface area contributed by atoms with Crippen molar-refractivity contribution >= 4 is 29.1 Å². The van der Waals surface area contributed by atoms with E-state index in [1.807, 2.05) is 24.3 Å². The summed E-state index contributed by atoms with van der Waals surface area (Å²) in [4.78, 5) is 26.2. The SMILES string of the molecule is COc1ccc(OCCN2CC(C(=O)Nc3cccc(Cl)c3)CC2=O)cc1. The minimum absolute atomic E-state index is 0.0421. The van der Waals surface area contributed by atoms with Gasteiger partial charge in [-0.15, -0.1) is 0 Å². The topological polar surface area (TPSA) is 67.9 Å². The Morgan fingerprint density at radius 2 is 1.96 bits per heavy atom. The molecule has 1 fully saturated rings. The summed E-state index contributed by atoms with van der Waals surface area (Å²) >= 11 is 5.92. The molecule has 27 heavy (non-hydrogen) atoms. The van der Waals surface area contributed by atoms with E-state index >= 15 is 0 Å². The Balaban J connectivity index is 1.47. The van der Waals surface area contributed by atoms with Crippen molar-refractivity contribution in [3.05, 3.63) is 53.6 Å². The number of benzene rings is 2. The summed E-state index contributed by atoms with van der Waals surface area (Å²) in [5, 5.41) is 3.36. The molecular formula is C20H21ClN2O4. The lowest BCUT2D eigenvalue weighted by Crippen LogP contribution is -2.31. The quantitative estimate of drug-likeness (QED) is 0.790. The molecule has 2 aromatic rings. The van der Waals surface area contributed by atoms with Gasteiger partial charge in [-0.05, 0) is 42.5 Å². The Bertz CT molecular complexity index is 810. The van der Waals surface area contributed by atoms with Crippen molar-refractivity contribution in [1.29, 1.82) is 0 Å². The standard InChI is InChI=1S/C20H21ClN2O4/c1-26-17-5-7-18(8-6-17)27-10-9-23-13-14(11-19(23)24)20(25)22-16-4-2-3-15(21)12-16/h2-8,12,14H,9-11,13H2,1H3,(H,22,25). The molecule has 1 heterocycles. The fourth-order valence-electron chi connectivity index (χ4n) is 2.92. The van der Waals surface area contributed by atoms with E-state index in [4.69, 9.17) is 21.1 Å². The number of carbonyl (C=O) groups excluding carboxylic acids is 2. The number of rotatable bonds is 7. The molecule has 1 atom stereocenters. The van der Waals surface area contributed by atoms with Gasteiger partial charge in [0.2, 0.25) is 11.8 Å². The second kappa shape index (κ2) is 8.77. The Morgan fingerprint density at radius 3 is 2.67 bits per heavy atom. The van der Waals surface area contributed by atoms with E-state index in [1.165, 1.54) is 0 Å². The summed E-state index contributed by atoms with van der Waals surface area (Å²) in [7, 11) is 1.60. The first kappa shape index (κ1) is 19.0. The lowest BCUT2D eigenvalue weighted by atomic mass is 10.1. The molecule has 7 heteroatoms. The number of nitrogens with zero attached hydrogens (tertiary/aromatic N) is 1. The minimum atomic E-state index is -0.377. The number of likely N-dealkylation sites (tertiary alicyclic amines) is 1. The number of hydrogen-bond donors (Lipinski definition) is 1. The minimum Gasteiger partial charge on any atom is -0.497 e. The summed E-state index contributed by atoms with van der Waals surface area (Å²) in [6, 6.07) is 14.2. The van der Waals surface area contributed by atoms with E-state index in [-0.39, 0.29) is 24.2 Å². The molecule has 1 N–H and O–H groups in total. The van der Waals surface area contributed by atoms with Crippen molar-refractivity contribution in [2.24, 2.45) is 5.92 Å². The molecule has 1 saturated heterocycles. The zero-order chi connectivity index (χ0) is 19.2. The van der Waals surface area contributed by atoms with Crippen molar-refractivity contribution in [2.75, 3.05) is 32.1 Å². The van der Waals surface area contributed by atoms with Gasteiger partial charge in [-0.3, -0.25) is 9.59 Å². The molecular weight excluding hydrogens is 368 g/mol. The van der Waals surface area contributed by atoms with Crippen LogP contribution in [0.4, 0.5) is 5.69 Å². The number of methoxy groups -OCH3 is 1. The van der Waals surface area contributed by atoms with Crippen LogP contribution >= 0.6 is 11.6 Å². The Morgan fingerprint density at radius 1 is 1.22 bits per heavy atom. The molecule has 0 aromatic heterocycles. The largest absolute Gasteiger partial charge is 0.497 e. The molecule has 0 bridgehead atoms. The molecule has 0 saturated carbocycles. The smallest absolute Gasteiger partial charge is 0.229 e. The van der Waals surface area contributed by atoms with Gasteiger partial charge in [0.15, 0.2) is 0 Å². The van der Waals surface area contributed by atoms with Crippen LogP contribution in [0.2, 0.25) is 5.02 Å². The highest BCUT2D eigenvalue weighted by atomic mass is 35.5. The van der Waals surface area contributed by atoms with Crippen LogP contribution in [0.5, 0.6) is 11.5 Å². The van der Waals surface area contributed by atoms with E-state index in [0.29, 0.717) is 36.2 Å². The molecule has 142 valence electrons. The first-order valence-electron chi connectivity index (χ1n) is 8.66. The maximum absolute atomic E-state index is 12.4. The van der Waals surface area contributed by atoms with Gasteiger partial charge in [-0.25, -0.2) is 0 Å². The lowest BCUT2D eigenvalue weighted by Gasteiger charge is -2.17. The third kappa shape index (κ3) is 5.14. The average molecular weight is 389 g/mol. The van der Waals surface area contributed by atoms with Crippen LogP contribution in [0, 0.1) is 5.92 Å². The molecule has 2 amide bonds. The van der Waals surface area contributed by atoms with E-state index < -0.39 is 0 Å². The van der Waals surface area contributed by atoms with Crippen LogP contribution in [0.15, 0.2) is 48.5 Å². The fraction of sp³-hybridized carbons (Fsp3) is 0.300. The van der Waals surface area contributed by atoms with Crippen LogP contribution in [0.3, 0.4) is 0 Å². The zero-order valence-electron chi connectivity index (χ0n) is 15.0. The monoisotopic (exact) mass is 388 g/mol. The third-order valence-electron chi connectivity index (χ3n) is 4.37. The summed E-state index contributed by atoms with van der Waals surface area (Å²) in [6.07, 6.45) is 0.203.